The summed E-state index contributed by atoms with van der Waals surface area (Å²) in [4.78, 5) is 5.36. The largest absolute Gasteiger partial charge is 0.508 e. The number of oxime groups is 1. The van der Waals surface area contributed by atoms with Crippen molar-refractivity contribution in [2.24, 2.45) is 22.9 Å². The first-order valence-electron chi connectivity index (χ1n) is 15.8. The first-order chi connectivity index (χ1) is 21.4. The monoisotopic (exact) mass is 614 g/mol. The number of fused-ring (bicyclic) bond motifs is 2. The van der Waals surface area contributed by atoms with Gasteiger partial charge in [-0.05, 0) is 75.1 Å². The van der Waals surface area contributed by atoms with Crippen LogP contribution in [0, 0.1) is 17.8 Å². The zero-order valence-corrected chi connectivity index (χ0v) is 25.8. The Hall–Kier alpha value is -3.03. The first kappa shape index (κ1) is 32.4. The Morgan fingerprint density at radius 1 is 1.09 bits per heavy atom. The number of phenolic OH excluding ortho intramolecular Hbond substituents is 1. The molecule has 44 heavy (non-hydrogen) atoms. The van der Waals surface area contributed by atoms with Crippen molar-refractivity contribution >= 4 is 5.71 Å². The molecule has 5 rings (SSSR count). The highest BCUT2D eigenvalue weighted by Crippen LogP contribution is 2.62. The average molecular weight is 615 g/mol. The number of aromatic hydroxyl groups is 1. The second-order valence-corrected chi connectivity index (χ2v) is 11.8. The number of hydrogen-bond donors (Lipinski definition) is 4. The number of phenols is 1. The van der Waals surface area contributed by atoms with Crippen LogP contribution in [0.3, 0.4) is 0 Å². The standard InChI is InChI=1S/C32H46N4O8/c1-4-42-31(43-5-2)26-19-33-35-36(26)28-18-25(34-41-3)23-16-20(10-6-8-14-37)22(11-7-9-15-38)29-24-17-21(39)12-13-27(24)44-32(28,40)30(23)29/h12-13,16-17,19-20,22,28-31,37-40H,4-11,14-15,18H2,1-3H3. The van der Waals surface area contributed by atoms with E-state index in [2.05, 4.69) is 21.5 Å². The third-order valence-electron chi connectivity index (χ3n) is 9.24. The second-order valence-electron chi connectivity index (χ2n) is 11.8. The minimum absolute atomic E-state index is 0.0577. The number of hydrogen-bond acceptors (Lipinski definition) is 11. The van der Waals surface area contributed by atoms with Gasteiger partial charge in [0.15, 0.2) is 0 Å². The van der Waals surface area contributed by atoms with Crippen molar-refractivity contribution < 1.29 is 39.5 Å². The molecule has 6 atom stereocenters. The first-order valence-corrected chi connectivity index (χ1v) is 15.8. The van der Waals surface area contributed by atoms with Crippen LogP contribution in [-0.4, -0.2) is 80.5 Å². The zero-order chi connectivity index (χ0) is 31.3. The number of aliphatic hydroxyl groups is 3. The van der Waals surface area contributed by atoms with Crippen molar-refractivity contribution in [3.8, 4) is 11.5 Å². The molecule has 0 bridgehead atoms. The van der Waals surface area contributed by atoms with Crippen molar-refractivity contribution in [2.45, 2.75) is 82.8 Å². The molecule has 0 spiro atoms. The molecule has 2 heterocycles. The van der Waals surface area contributed by atoms with Crippen LogP contribution >= 0.6 is 0 Å². The third-order valence-corrected chi connectivity index (χ3v) is 9.24. The van der Waals surface area contributed by atoms with E-state index >= 15 is 0 Å². The van der Waals surface area contributed by atoms with Gasteiger partial charge in [0.1, 0.15) is 30.3 Å². The zero-order valence-electron chi connectivity index (χ0n) is 25.8. The maximum Gasteiger partial charge on any atom is 0.238 e. The highest BCUT2D eigenvalue weighted by molar-refractivity contribution is 6.02. The molecule has 1 aromatic heterocycles. The van der Waals surface area contributed by atoms with E-state index in [4.69, 9.17) is 19.0 Å². The molecule has 12 nitrogen and oxygen atoms in total. The molecule has 1 fully saturated rings. The Morgan fingerprint density at radius 2 is 1.82 bits per heavy atom. The van der Waals surface area contributed by atoms with E-state index in [9.17, 15) is 20.4 Å². The Labute approximate surface area is 258 Å². The van der Waals surface area contributed by atoms with Crippen LogP contribution in [0.25, 0.3) is 0 Å². The van der Waals surface area contributed by atoms with E-state index in [0.29, 0.717) is 43.2 Å². The molecular formula is C32H46N4O8. The average Bonchev–Trinajstić information content (AvgIpc) is 3.49. The van der Waals surface area contributed by atoms with Crippen LogP contribution < -0.4 is 4.74 Å². The van der Waals surface area contributed by atoms with Gasteiger partial charge in [-0.15, -0.1) is 5.10 Å². The Balaban J connectivity index is 1.70. The van der Waals surface area contributed by atoms with Crippen molar-refractivity contribution in [1.29, 1.82) is 0 Å². The summed E-state index contributed by atoms with van der Waals surface area (Å²) in [5.41, 5.74) is 2.90. The van der Waals surface area contributed by atoms with Gasteiger partial charge in [0.05, 0.1) is 17.8 Å². The summed E-state index contributed by atoms with van der Waals surface area (Å²) in [7, 11) is 1.51. The van der Waals surface area contributed by atoms with Crippen molar-refractivity contribution in [1.82, 2.24) is 15.0 Å². The summed E-state index contributed by atoms with van der Waals surface area (Å²) in [6.07, 6.45) is 7.93. The maximum absolute atomic E-state index is 12.9. The molecule has 12 heteroatoms. The predicted molar refractivity (Wildman–Crippen MR) is 161 cm³/mol. The summed E-state index contributed by atoms with van der Waals surface area (Å²) >= 11 is 0. The SMILES string of the molecule is CCOC(OCC)c1cnnn1C1CC(=NOC)C2=CC(CCCCO)C(CCCCO)C3c4cc(O)ccc4OC1(O)C23. The van der Waals surface area contributed by atoms with Gasteiger partial charge >= 0.3 is 0 Å². The molecule has 4 N–H and O–H groups in total. The topological polar surface area (TPSA) is 161 Å². The van der Waals surface area contributed by atoms with E-state index in [1.807, 2.05) is 13.8 Å². The molecule has 242 valence electrons. The summed E-state index contributed by atoms with van der Waals surface area (Å²) in [6.45, 7) is 4.79. The lowest BCUT2D eigenvalue weighted by molar-refractivity contribution is -0.227. The molecule has 6 unspecified atom stereocenters. The molecule has 3 aliphatic rings. The van der Waals surface area contributed by atoms with E-state index < -0.39 is 24.0 Å². The molecule has 1 aliphatic heterocycles. The fourth-order valence-corrected chi connectivity index (χ4v) is 7.50. The number of ether oxygens (including phenoxy) is 3. The van der Waals surface area contributed by atoms with Gasteiger partial charge < -0.3 is 39.5 Å². The lowest BCUT2D eigenvalue weighted by atomic mass is 9.55. The lowest BCUT2D eigenvalue weighted by Gasteiger charge is -2.56. The molecule has 1 aromatic carbocycles. The number of allylic oxidation sites excluding steroid dienone is 1. The van der Waals surface area contributed by atoms with Gasteiger partial charge in [-0.1, -0.05) is 29.3 Å². The van der Waals surface area contributed by atoms with Gasteiger partial charge in [0.25, 0.3) is 0 Å². The van der Waals surface area contributed by atoms with E-state index in [1.54, 1.807) is 29.1 Å². The number of unbranched alkanes of at least 4 members (excludes halogenated alkanes) is 2. The number of nitrogens with zero attached hydrogens (tertiary/aromatic N) is 4. The van der Waals surface area contributed by atoms with Gasteiger partial charge in [-0.3, -0.25) is 0 Å². The Bertz CT molecular complexity index is 1310. The summed E-state index contributed by atoms with van der Waals surface area (Å²) in [5, 5.41) is 55.8. The number of benzene rings is 1. The van der Waals surface area contributed by atoms with Crippen LogP contribution in [0.5, 0.6) is 11.5 Å². The quantitative estimate of drug-likeness (QED) is 0.131. The van der Waals surface area contributed by atoms with Crippen LogP contribution in [0.15, 0.2) is 41.2 Å². The number of aliphatic hydroxyl groups excluding tert-OH is 2. The molecule has 2 aromatic rings. The van der Waals surface area contributed by atoms with Crippen LogP contribution in [0.1, 0.15) is 88.3 Å². The van der Waals surface area contributed by atoms with E-state index in [1.165, 1.54) is 7.11 Å². The fourth-order valence-electron chi connectivity index (χ4n) is 7.50. The minimum Gasteiger partial charge on any atom is -0.508 e. The predicted octanol–water partition coefficient (Wildman–Crippen LogP) is 3.98. The van der Waals surface area contributed by atoms with Crippen molar-refractivity contribution in [2.75, 3.05) is 33.5 Å². The van der Waals surface area contributed by atoms with Crippen molar-refractivity contribution in [3.05, 3.63) is 47.3 Å². The van der Waals surface area contributed by atoms with Gasteiger partial charge in [0, 0.05) is 44.3 Å². The van der Waals surface area contributed by atoms with Crippen LogP contribution in [0.4, 0.5) is 0 Å². The third kappa shape index (κ3) is 6.10. The summed E-state index contributed by atoms with van der Waals surface area (Å²) in [5.74, 6) is -1.82. The minimum atomic E-state index is -1.77. The van der Waals surface area contributed by atoms with E-state index in [0.717, 1.165) is 36.8 Å². The molecule has 1 saturated carbocycles. The summed E-state index contributed by atoms with van der Waals surface area (Å²) in [6, 6.07) is 4.25. The molecule has 0 saturated heterocycles. The number of aromatic nitrogens is 3. The highest BCUT2D eigenvalue weighted by Gasteiger charge is 2.63. The number of rotatable bonds is 15. The van der Waals surface area contributed by atoms with E-state index in [-0.39, 0.29) is 43.1 Å². The fraction of sp³-hybridized carbons (Fsp3) is 0.656. The molecule has 2 aliphatic carbocycles. The van der Waals surface area contributed by atoms with Gasteiger partial charge in [-0.2, -0.15) is 0 Å². The smallest absolute Gasteiger partial charge is 0.238 e. The van der Waals surface area contributed by atoms with Crippen molar-refractivity contribution in [3.63, 3.8) is 0 Å². The molecule has 0 amide bonds. The summed E-state index contributed by atoms with van der Waals surface area (Å²) < 4.78 is 20.0. The Kier molecular flexibility index (Phi) is 10.6. The lowest BCUT2D eigenvalue weighted by Crippen LogP contribution is -2.62. The maximum atomic E-state index is 12.9. The second kappa shape index (κ2) is 14.4. The van der Waals surface area contributed by atoms with Gasteiger partial charge in [0.2, 0.25) is 12.1 Å². The highest BCUT2D eigenvalue weighted by atomic mass is 16.7. The van der Waals surface area contributed by atoms with Crippen LogP contribution in [0.2, 0.25) is 0 Å². The molecule has 0 radical (unpaired) electrons. The normalized spacial score (nSPS) is 28.4. The molecular weight excluding hydrogens is 568 g/mol. The van der Waals surface area contributed by atoms with Crippen LogP contribution in [-0.2, 0) is 14.3 Å². The Morgan fingerprint density at radius 3 is 2.50 bits per heavy atom. The van der Waals surface area contributed by atoms with Gasteiger partial charge in [-0.25, -0.2) is 4.68 Å².